The van der Waals surface area contributed by atoms with Gasteiger partial charge in [0.05, 0.1) is 28.0 Å². The topological polar surface area (TPSA) is 135 Å². The van der Waals surface area contributed by atoms with Gasteiger partial charge in [-0.3, -0.25) is 19.2 Å². The zero-order valence-corrected chi connectivity index (χ0v) is 15.5. The standard InChI is InChI=1S/C17H18ClN3O6/c1-3-15(24)26-8-13(22)20-11-5-10(7-19)6-12(17(11)18)21-14(23)9-27-16(25)4-2/h5-6H,3-4,8-9H2,1-2H3,(H,20,22)(H,21,23). The fraction of sp³-hybridized carbons (Fsp3) is 0.353. The fourth-order valence-electron chi connectivity index (χ4n) is 1.74. The summed E-state index contributed by atoms with van der Waals surface area (Å²) in [5.41, 5.74) is 0.212. The number of halogens is 1. The second-order valence-electron chi connectivity index (χ2n) is 5.12. The molecule has 10 heteroatoms. The molecule has 0 atom stereocenters. The first-order valence-electron chi connectivity index (χ1n) is 7.95. The Kier molecular flexibility index (Phi) is 8.75. The van der Waals surface area contributed by atoms with Gasteiger partial charge in [-0.15, -0.1) is 0 Å². The van der Waals surface area contributed by atoms with Crippen molar-refractivity contribution in [3.8, 4) is 6.07 Å². The van der Waals surface area contributed by atoms with Crippen LogP contribution in [0.5, 0.6) is 0 Å². The lowest BCUT2D eigenvalue weighted by Gasteiger charge is -2.13. The first-order chi connectivity index (χ1) is 12.8. The molecular weight excluding hydrogens is 378 g/mol. The van der Waals surface area contributed by atoms with E-state index in [1.165, 1.54) is 12.1 Å². The Morgan fingerprint density at radius 1 is 0.963 bits per heavy atom. The maximum atomic E-state index is 11.9. The van der Waals surface area contributed by atoms with Crippen LogP contribution in [0.25, 0.3) is 0 Å². The van der Waals surface area contributed by atoms with Crippen LogP contribution in [-0.2, 0) is 28.7 Å². The molecule has 0 fully saturated rings. The average Bonchev–Trinajstić information content (AvgIpc) is 2.66. The number of hydrogen-bond donors (Lipinski definition) is 2. The fourth-order valence-corrected chi connectivity index (χ4v) is 1.94. The van der Waals surface area contributed by atoms with E-state index < -0.39 is 37.0 Å². The molecular formula is C17H18ClN3O6. The number of ether oxygens (including phenoxy) is 2. The van der Waals surface area contributed by atoms with E-state index in [0.717, 1.165) is 0 Å². The van der Waals surface area contributed by atoms with Gasteiger partial charge in [-0.25, -0.2) is 0 Å². The zero-order valence-electron chi connectivity index (χ0n) is 14.8. The number of anilines is 2. The van der Waals surface area contributed by atoms with Crippen LogP contribution in [0.15, 0.2) is 12.1 Å². The first kappa shape index (κ1) is 21.9. The smallest absolute Gasteiger partial charge is 0.306 e. The molecule has 1 aromatic rings. The number of carbonyl (C=O) groups excluding carboxylic acids is 4. The van der Waals surface area contributed by atoms with E-state index >= 15 is 0 Å². The molecule has 0 saturated carbocycles. The molecule has 2 amide bonds. The van der Waals surface area contributed by atoms with Crippen LogP contribution in [0.3, 0.4) is 0 Å². The number of esters is 2. The molecule has 0 unspecified atom stereocenters. The van der Waals surface area contributed by atoms with Crippen LogP contribution in [0, 0.1) is 11.3 Å². The van der Waals surface area contributed by atoms with Crippen LogP contribution in [-0.4, -0.2) is 37.0 Å². The lowest BCUT2D eigenvalue weighted by Crippen LogP contribution is -2.22. The van der Waals surface area contributed by atoms with Gasteiger partial charge in [0.1, 0.15) is 0 Å². The summed E-state index contributed by atoms with van der Waals surface area (Å²) < 4.78 is 9.41. The van der Waals surface area contributed by atoms with Gasteiger partial charge < -0.3 is 20.1 Å². The van der Waals surface area contributed by atoms with Gasteiger partial charge in [-0.2, -0.15) is 5.26 Å². The SMILES string of the molecule is CCC(=O)OCC(=O)Nc1cc(C#N)cc(NC(=O)COC(=O)CC)c1Cl. The maximum absolute atomic E-state index is 11.9. The summed E-state index contributed by atoms with van der Waals surface area (Å²) in [7, 11) is 0. The third kappa shape index (κ3) is 7.33. The number of hydrogen-bond acceptors (Lipinski definition) is 7. The monoisotopic (exact) mass is 395 g/mol. The van der Waals surface area contributed by atoms with Crippen LogP contribution in [0.1, 0.15) is 32.3 Å². The summed E-state index contributed by atoms with van der Waals surface area (Å²) in [5, 5.41) is 13.9. The van der Waals surface area contributed by atoms with E-state index in [0.29, 0.717) is 0 Å². The van der Waals surface area contributed by atoms with Crippen LogP contribution >= 0.6 is 11.6 Å². The van der Waals surface area contributed by atoms with E-state index in [1.807, 2.05) is 6.07 Å². The molecule has 0 aliphatic carbocycles. The van der Waals surface area contributed by atoms with Crippen LogP contribution < -0.4 is 10.6 Å². The molecule has 27 heavy (non-hydrogen) atoms. The minimum atomic E-state index is -0.664. The van der Waals surface area contributed by atoms with Crippen LogP contribution in [0.2, 0.25) is 5.02 Å². The molecule has 0 radical (unpaired) electrons. The molecule has 0 saturated heterocycles. The number of nitriles is 1. The summed E-state index contributed by atoms with van der Waals surface area (Å²) in [5.74, 6) is -2.42. The second-order valence-corrected chi connectivity index (χ2v) is 5.50. The van der Waals surface area contributed by atoms with E-state index in [9.17, 15) is 19.2 Å². The summed E-state index contributed by atoms with van der Waals surface area (Å²) in [6, 6.07) is 4.47. The van der Waals surface area contributed by atoms with Gasteiger partial charge in [-0.1, -0.05) is 25.4 Å². The van der Waals surface area contributed by atoms with Crippen molar-refractivity contribution in [1.29, 1.82) is 5.26 Å². The van der Waals surface area contributed by atoms with Crippen molar-refractivity contribution in [2.24, 2.45) is 0 Å². The highest BCUT2D eigenvalue weighted by Gasteiger charge is 2.15. The Morgan fingerprint density at radius 2 is 1.37 bits per heavy atom. The summed E-state index contributed by atoms with van der Waals surface area (Å²) in [4.78, 5) is 45.9. The van der Waals surface area contributed by atoms with Gasteiger partial charge in [0.25, 0.3) is 11.8 Å². The molecule has 2 N–H and O–H groups in total. The van der Waals surface area contributed by atoms with Gasteiger partial charge in [0, 0.05) is 12.8 Å². The molecule has 0 heterocycles. The van der Waals surface area contributed by atoms with Gasteiger partial charge in [-0.05, 0) is 12.1 Å². The Bertz CT molecular complexity index is 732. The number of nitrogens with one attached hydrogen (secondary N) is 2. The van der Waals surface area contributed by atoms with Gasteiger partial charge in [0.2, 0.25) is 0 Å². The van der Waals surface area contributed by atoms with E-state index in [1.54, 1.807) is 13.8 Å². The number of nitrogens with zero attached hydrogens (tertiary/aromatic N) is 1. The molecule has 0 aromatic heterocycles. The van der Waals surface area contributed by atoms with Gasteiger partial charge >= 0.3 is 11.9 Å². The Labute approximate surface area is 160 Å². The predicted molar refractivity (Wildman–Crippen MR) is 95.9 cm³/mol. The molecule has 0 spiro atoms. The average molecular weight is 396 g/mol. The third-order valence-electron chi connectivity index (χ3n) is 3.06. The first-order valence-corrected chi connectivity index (χ1v) is 8.33. The zero-order chi connectivity index (χ0) is 20.4. The van der Waals surface area contributed by atoms with Crippen molar-refractivity contribution in [3.63, 3.8) is 0 Å². The largest absolute Gasteiger partial charge is 0.456 e. The molecule has 1 rings (SSSR count). The number of rotatable bonds is 8. The summed E-state index contributed by atoms with van der Waals surface area (Å²) >= 11 is 6.15. The van der Waals surface area contributed by atoms with Crippen molar-refractivity contribution < 1.29 is 28.7 Å². The second kappa shape index (κ2) is 10.8. The van der Waals surface area contributed by atoms with Crippen molar-refractivity contribution in [2.75, 3.05) is 23.8 Å². The van der Waals surface area contributed by atoms with Crippen molar-refractivity contribution in [1.82, 2.24) is 0 Å². The maximum Gasteiger partial charge on any atom is 0.306 e. The van der Waals surface area contributed by atoms with Gasteiger partial charge in [0.15, 0.2) is 13.2 Å². The molecule has 144 valence electrons. The van der Waals surface area contributed by atoms with Crippen molar-refractivity contribution >= 4 is 46.7 Å². The minimum Gasteiger partial charge on any atom is -0.456 e. The normalized spacial score (nSPS) is 9.70. The molecule has 9 nitrogen and oxygen atoms in total. The van der Waals surface area contributed by atoms with E-state index in [2.05, 4.69) is 10.6 Å². The molecule has 0 aliphatic heterocycles. The predicted octanol–water partition coefficient (Wildman–Crippen LogP) is 2.00. The number of benzene rings is 1. The summed E-state index contributed by atoms with van der Waals surface area (Å²) in [6.07, 6.45) is 0.244. The number of amides is 2. The highest BCUT2D eigenvalue weighted by atomic mass is 35.5. The van der Waals surface area contributed by atoms with Crippen molar-refractivity contribution in [3.05, 3.63) is 22.7 Å². The van der Waals surface area contributed by atoms with Crippen molar-refractivity contribution in [2.45, 2.75) is 26.7 Å². The minimum absolute atomic E-state index is 0.0423. The molecule has 0 aliphatic rings. The number of carbonyl (C=O) groups is 4. The lowest BCUT2D eigenvalue weighted by molar-refractivity contribution is -0.147. The van der Waals surface area contributed by atoms with Crippen LogP contribution in [0.4, 0.5) is 11.4 Å². The Hall–Kier alpha value is -3.12. The lowest BCUT2D eigenvalue weighted by atomic mass is 10.2. The molecule has 0 bridgehead atoms. The highest BCUT2D eigenvalue weighted by molar-refractivity contribution is 6.37. The van der Waals surface area contributed by atoms with E-state index in [-0.39, 0.29) is 34.8 Å². The quantitative estimate of drug-likeness (QED) is 0.642. The summed E-state index contributed by atoms with van der Waals surface area (Å²) in [6.45, 7) is 2.13. The highest BCUT2D eigenvalue weighted by Crippen LogP contribution is 2.32. The molecule has 1 aromatic carbocycles. The third-order valence-corrected chi connectivity index (χ3v) is 3.46. The Morgan fingerprint density at radius 3 is 1.70 bits per heavy atom. The Balaban J connectivity index is 2.88. The van der Waals surface area contributed by atoms with E-state index in [4.69, 9.17) is 26.3 Å².